The molecule has 0 saturated carbocycles. The van der Waals surface area contributed by atoms with Crippen LogP contribution in [0.4, 0.5) is 0 Å². The van der Waals surface area contributed by atoms with Crippen LogP contribution in [-0.2, 0) is 32.9 Å². The minimum absolute atomic E-state index is 0. The number of hydrogen-bond donors (Lipinski definition) is 0. The number of aromatic nitrogens is 2. The summed E-state index contributed by atoms with van der Waals surface area (Å²) in [6.45, 7) is 20.7. The molecule has 1 radical (unpaired) electrons. The molecular formula is C53H54IrN2OSi-2. The number of hydrogen-bond acceptors (Lipinski definition) is 3. The number of furan rings is 1. The van der Waals surface area contributed by atoms with Crippen LogP contribution in [0.5, 0.6) is 0 Å². The SMILES string of the molecule is CC(C)Cc1cc(-c2[c-]cc(-c3ccccc3)cc2)ncc1[Si](C)(C)C.Cc1cnc(-c2[c-]ccc3c2oc2cc(-c4ccccc4)ccc23)cc1CC(C)(C)C.[Ir]. The Labute approximate surface area is 360 Å². The minimum Gasteiger partial charge on any atom is -0.501 e. The molecule has 5 heteroatoms. The third kappa shape index (κ3) is 10.0. The minimum atomic E-state index is -1.39. The Bertz CT molecular complexity index is 2620. The quantitative estimate of drug-likeness (QED) is 0.113. The average molecular weight is 955 g/mol. The normalized spacial score (nSPS) is 11.7. The molecule has 0 amide bonds. The molecular weight excluding hydrogens is 901 g/mol. The van der Waals surface area contributed by atoms with Gasteiger partial charge in [0.2, 0.25) is 0 Å². The maximum atomic E-state index is 6.40. The van der Waals surface area contributed by atoms with Gasteiger partial charge in [-0.3, -0.25) is 0 Å². The molecule has 58 heavy (non-hydrogen) atoms. The van der Waals surface area contributed by atoms with Gasteiger partial charge in [0.1, 0.15) is 5.58 Å². The molecule has 0 saturated heterocycles. The van der Waals surface area contributed by atoms with E-state index in [-0.39, 0.29) is 25.5 Å². The monoisotopic (exact) mass is 955 g/mol. The van der Waals surface area contributed by atoms with E-state index in [1.165, 1.54) is 38.6 Å². The zero-order chi connectivity index (χ0) is 40.3. The summed E-state index contributed by atoms with van der Waals surface area (Å²) in [5.41, 5.74) is 14.6. The van der Waals surface area contributed by atoms with E-state index in [0.717, 1.165) is 62.9 Å². The third-order valence-electron chi connectivity index (χ3n) is 10.4. The van der Waals surface area contributed by atoms with Crippen molar-refractivity contribution in [3.05, 3.63) is 163 Å². The maximum absolute atomic E-state index is 6.40. The van der Waals surface area contributed by atoms with Crippen molar-refractivity contribution in [3.8, 4) is 44.8 Å². The number of benzene rings is 5. The molecule has 8 rings (SSSR count). The Morgan fingerprint density at radius 2 is 1.31 bits per heavy atom. The van der Waals surface area contributed by atoms with E-state index in [9.17, 15) is 0 Å². The van der Waals surface area contributed by atoms with Gasteiger partial charge in [-0.1, -0.05) is 172 Å². The molecule has 0 aliphatic carbocycles. The first-order chi connectivity index (χ1) is 27.2. The summed E-state index contributed by atoms with van der Waals surface area (Å²) in [5.74, 6) is 0.643. The molecule has 3 heterocycles. The van der Waals surface area contributed by atoms with Crippen molar-refractivity contribution in [1.29, 1.82) is 0 Å². The summed E-state index contributed by atoms with van der Waals surface area (Å²) in [6, 6.07) is 49.0. The summed E-state index contributed by atoms with van der Waals surface area (Å²) in [4.78, 5) is 9.52. The van der Waals surface area contributed by atoms with Crippen molar-refractivity contribution in [1.82, 2.24) is 9.97 Å². The van der Waals surface area contributed by atoms with Gasteiger partial charge >= 0.3 is 0 Å². The summed E-state index contributed by atoms with van der Waals surface area (Å²) in [6.07, 6.45) is 6.21. The van der Waals surface area contributed by atoms with Crippen molar-refractivity contribution < 1.29 is 24.5 Å². The molecule has 0 unspecified atom stereocenters. The van der Waals surface area contributed by atoms with Crippen LogP contribution >= 0.6 is 0 Å². The van der Waals surface area contributed by atoms with Gasteiger partial charge in [-0.25, -0.2) is 0 Å². The van der Waals surface area contributed by atoms with Crippen LogP contribution in [-0.4, -0.2) is 18.0 Å². The predicted octanol–water partition coefficient (Wildman–Crippen LogP) is 14.0. The molecule has 297 valence electrons. The fourth-order valence-corrected chi connectivity index (χ4v) is 9.12. The second kappa shape index (κ2) is 17.9. The van der Waals surface area contributed by atoms with Gasteiger partial charge in [-0.2, -0.15) is 0 Å². The second-order valence-electron chi connectivity index (χ2n) is 17.9. The van der Waals surface area contributed by atoms with Crippen molar-refractivity contribution in [2.24, 2.45) is 11.3 Å². The van der Waals surface area contributed by atoms with Crippen LogP contribution in [0.15, 0.2) is 138 Å². The van der Waals surface area contributed by atoms with Gasteiger partial charge in [-0.05, 0) is 70.4 Å². The molecule has 8 aromatic rings. The van der Waals surface area contributed by atoms with Crippen LogP contribution in [0.25, 0.3) is 66.7 Å². The molecule has 3 nitrogen and oxygen atoms in total. The summed E-state index contributed by atoms with van der Waals surface area (Å²) in [7, 11) is -1.39. The predicted molar refractivity (Wildman–Crippen MR) is 245 cm³/mol. The van der Waals surface area contributed by atoms with E-state index < -0.39 is 8.07 Å². The smallest absolute Gasteiger partial charge is 0.121 e. The van der Waals surface area contributed by atoms with E-state index in [0.29, 0.717) is 5.92 Å². The zero-order valence-electron chi connectivity index (χ0n) is 35.3. The van der Waals surface area contributed by atoms with Crippen LogP contribution < -0.4 is 5.19 Å². The van der Waals surface area contributed by atoms with E-state index in [4.69, 9.17) is 14.4 Å². The summed E-state index contributed by atoms with van der Waals surface area (Å²) in [5, 5.41) is 3.70. The van der Waals surface area contributed by atoms with Crippen molar-refractivity contribution in [2.45, 2.75) is 74.0 Å². The molecule has 0 spiro atoms. The first-order valence-corrected chi connectivity index (χ1v) is 23.7. The Hall–Kier alpha value is -4.93. The molecule has 3 aromatic heterocycles. The van der Waals surface area contributed by atoms with Crippen LogP contribution in [0.3, 0.4) is 0 Å². The average Bonchev–Trinajstić information content (AvgIpc) is 3.57. The summed E-state index contributed by atoms with van der Waals surface area (Å²) >= 11 is 0. The van der Waals surface area contributed by atoms with Crippen LogP contribution in [0.1, 0.15) is 51.3 Å². The van der Waals surface area contributed by atoms with Gasteiger partial charge in [0.05, 0.1) is 13.7 Å². The molecule has 0 fully saturated rings. The van der Waals surface area contributed by atoms with Crippen LogP contribution in [0, 0.1) is 30.4 Å². The maximum Gasteiger partial charge on any atom is 0.121 e. The van der Waals surface area contributed by atoms with Gasteiger partial charge < -0.3 is 14.4 Å². The fourth-order valence-electron chi connectivity index (χ4n) is 7.53. The topological polar surface area (TPSA) is 38.9 Å². The van der Waals surface area contributed by atoms with Gasteiger partial charge in [0, 0.05) is 37.9 Å². The van der Waals surface area contributed by atoms with E-state index in [1.807, 2.05) is 24.4 Å². The number of rotatable bonds is 8. The van der Waals surface area contributed by atoms with Crippen molar-refractivity contribution in [2.75, 3.05) is 0 Å². The van der Waals surface area contributed by atoms with Crippen LogP contribution in [0.2, 0.25) is 19.6 Å². The standard InChI is InChI=1S/C29H26NO.C24H28NSi.Ir/c1-19-18-30-26(15-22(19)17-29(2,3)4)25-12-8-11-24-23-14-13-21(16-27(23)31-28(24)25)20-9-6-5-7-10-20;1-18(2)15-22-16-23(25-17-24(22)26(3,4)5)21-13-11-20(12-14-21)19-9-7-6-8-10-19;/h5-11,13-16,18H,17H2,1-4H3;6-13,16-18H,15H2,1-5H3;/q2*-1;. The first-order valence-electron chi connectivity index (χ1n) is 20.2. The number of pyridine rings is 2. The molecule has 0 aliphatic heterocycles. The molecule has 0 bridgehead atoms. The second-order valence-corrected chi connectivity index (χ2v) is 23.0. The molecule has 0 N–H and O–H groups in total. The van der Waals surface area contributed by atoms with E-state index >= 15 is 0 Å². The van der Waals surface area contributed by atoms with Crippen molar-refractivity contribution >= 4 is 35.2 Å². The Morgan fingerprint density at radius 1 is 0.672 bits per heavy atom. The molecule has 0 aliphatic rings. The van der Waals surface area contributed by atoms with E-state index in [2.05, 4.69) is 183 Å². The number of nitrogens with zero attached hydrogens (tertiary/aromatic N) is 2. The molecule has 5 aromatic carbocycles. The van der Waals surface area contributed by atoms with Gasteiger partial charge in [0.15, 0.2) is 0 Å². The summed E-state index contributed by atoms with van der Waals surface area (Å²) < 4.78 is 6.40. The Morgan fingerprint density at radius 3 is 1.93 bits per heavy atom. The number of aryl methyl sites for hydroxylation is 1. The zero-order valence-corrected chi connectivity index (χ0v) is 38.7. The largest absolute Gasteiger partial charge is 0.501 e. The molecule has 0 atom stereocenters. The first kappa shape index (κ1) is 42.7. The Balaban J connectivity index is 0.000000195. The van der Waals surface area contributed by atoms with Gasteiger partial charge in [0.25, 0.3) is 0 Å². The van der Waals surface area contributed by atoms with Gasteiger partial charge in [-0.15, -0.1) is 48.0 Å². The Kier molecular flexibility index (Phi) is 13.2. The fraction of sp³-hybridized carbons (Fsp3) is 0.245. The van der Waals surface area contributed by atoms with Crippen molar-refractivity contribution in [3.63, 3.8) is 0 Å². The number of fused-ring (bicyclic) bond motifs is 3. The third-order valence-corrected chi connectivity index (χ3v) is 12.4. The van der Waals surface area contributed by atoms with E-state index in [1.54, 1.807) is 0 Å².